The van der Waals surface area contributed by atoms with Crippen molar-refractivity contribution >= 4 is 38.3 Å². The monoisotopic (exact) mass is 475 g/mol. The Bertz CT molecular complexity index is 1220. The molecule has 4 rings (SSSR count). The maximum atomic E-state index is 12.8. The maximum Gasteiger partial charge on any atom is 0.255 e. The highest BCUT2D eigenvalue weighted by Crippen LogP contribution is 2.26. The number of rotatable bonds is 7. The second kappa shape index (κ2) is 9.67. The van der Waals surface area contributed by atoms with Gasteiger partial charge in [0.2, 0.25) is 0 Å². The van der Waals surface area contributed by atoms with Crippen molar-refractivity contribution in [3.05, 3.63) is 101 Å². The lowest BCUT2D eigenvalue weighted by Crippen LogP contribution is -2.13. The first kappa shape index (κ1) is 20.9. The minimum atomic E-state index is -0.187. The van der Waals surface area contributed by atoms with Gasteiger partial charge < -0.3 is 14.8 Å². The molecule has 4 aromatic carbocycles. The van der Waals surface area contributed by atoms with Gasteiger partial charge >= 0.3 is 0 Å². The van der Waals surface area contributed by atoms with Gasteiger partial charge in [0, 0.05) is 21.3 Å². The van der Waals surface area contributed by atoms with E-state index < -0.39 is 0 Å². The number of ether oxygens (including phenoxy) is 2. The van der Waals surface area contributed by atoms with Crippen molar-refractivity contribution in [2.45, 2.75) is 13.5 Å². The molecule has 1 amide bonds. The summed E-state index contributed by atoms with van der Waals surface area (Å²) in [5.74, 6) is 1.29. The number of halogens is 1. The summed E-state index contributed by atoms with van der Waals surface area (Å²) in [5.41, 5.74) is 2.08. The summed E-state index contributed by atoms with van der Waals surface area (Å²) < 4.78 is 12.7. The Balaban J connectivity index is 1.54. The van der Waals surface area contributed by atoms with Crippen molar-refractivity contribution in [3.63, 3.8) is 0 Å². The Labute approximate surface area is 189 Å². The number of carbonyl (C=O) groups is 1. The third kappa shape index (κ3) is 5.25. The molecular weight excluding hydrogens is 454 g/mol. The molecule has 0 aliphatic heterocycles. The summed E-state index contributed by atoms with van der Waals surface area (Å²) in [6.45, 7) is 2.76. The maximum absolute atomic E-state index is 12.8. The van der Waals surface area contributed by atoms with Crippen molar-refractivity contribution < 1.29 is 14.3 Å². The van der Waals surface area contributed by atoms with E-state index in [4.69, 9.17) is 9.47 Å². The van der Waals surface area contributed by atoms with Crippen LogP contribution in [0, 0.1) is 0 Å². The number of hydrogen-bond acceptors (Lipinski definition) is 3. The van der Waals surface area contributed by atoms with Gasteiger partial charge in [0.1, 0.15) is 18.1 Å². The van der Waals surface area contributed by atoms with E-state index in [0.717, 1.165) is 32.2 Å². The number of hydrogen-bond donors (Lipinski definition) is 1. The van der Waals surface area contributed by atoms with E-state index in [0.29, 0.717) is 24.5 Å². The van der Waals surface area contributed by atoms with E-state index in [1.54, 1.807) is 6.07 Å². The van der Waals surface area contributed by atoms with Crippen molar-refractivity contribution in [3.8, 4) is 11.5 Å². The normalized spacial score (nSPS) is 10.6. The van der Waals surface area contributed by atoms with E-state index in [2.05, 4.69) is 33.4 Å². The van der Waals surface area contributed by atoms with Gasteiger partial charge in [-0.2, -0.15) is 0 Å². The van der Waals surface area contributed by atoms with Crippen LogP contribution in [0.3, 0.4) is 0 Å². The fourth-order valence-corrected chi connectivity index (χ4v) is 3.72. The topological polar surface area (TPSA) is 47.6 Å². The van der Waals surface area contributed by atoms with Crippen LogP contribution in [0.4, 0.5) is 5.69 Å². The Hall–Kier alpha value is -3.31. The van der Waals surface area contributed by atoms with E-state index in [9.17, 15) is 4.79 Å². The fourth-order valence-electron chi connectivity index (χ4n) is 3.32. The van der Waals surface area contributed by atoms with Gasteiger partial charge in [0.05, 0.1) is 6.61 Å². The average molecular weight is 476 g/mol. The molecule has 0 radical (unpaired) electrons. The highest BCUT2D eigenvalue weighted by molar-refractivity contribution is 9.10. The van der Waals surface area contributed by atoms with Gasteiger partial charge in [-0.25, -0.2) is 0 Å². The zero-order valence-corrected chi connectivity index (χ0v) is 18.7. The molecule has 0 aliphatic carbocycles. The van der Waals surface area contributed by atoms with Gasteiger partial charge in [0.15, 0.2) is 0 Å². The molecule has 156 valence electrons. The highest BCUT2D eigenvalue weighted by Gasteiger charge is 2.12. The van der Waals surface area contributed by atoms with Crippen LogP contribution in [0.15, 0.2) is 89.4 Å². The van der Waals surface area contributed by atoms with E-state index in [1.807, 2.05) is 73.7 Å². The molecule has 0 spiro atoms. The smallest absolute Gasteiger partial charge is 0.255 e. The molecule has 0 unspecified atom stereocenters. The van der Waals surface area contributed by atoms with Crippen LogP contribution in [0.25, 0.3) is 10.8 Å². The lowest BCUT2D eigenvalue weighted by molar-refractivity contribution is 0.102. The lowest BCUT2D eigenvalue weighted by atomic mass is 10.1. The van der Waals surface area contributed by atoms with Gasteiger partial charge in [-0.1, -0.05) is 52.3 Å². The van der Waals surface area contributed by atoms with Crippen molar-refractivity contribution in [2.75, 3.05) is 11.9 Å². The number of carbonyl (C=O) groups excluding carboxylic acids is 1. The van der Waals surface area contributed by atoms with Crippen LogP contribution in [-0.2, 0) is 6.61 Å². The van der Waals surface area contributed by atoms with E-state index in [-0.39, 0.29) is 5.91 Å². The van der Waals surface area contributed by atoms with Crippen LogP contribution in [0.5, 0.6) is 11.5 Å². The first-order chi connectivity index (χ1) is 15.1. The largest absolute Gasteiger partial charge is 0.493 e. The molecule has 0 saturated carbocycles. The highest BCUT2D eigenvalue weighted by atomic mass is 79.9. The van der Waals surface area contributed by atoms with Crippen LogP contribution < -0.4 is 14.8 Å². The van der Waals surface area contributed by atoms with Crippen LogP contribution in [-0.4, -0.2) is 12.5 Å². The summed E-state index contributed by atoms with van der Waals surface area (Å²) in [6, 6.07) is 27.0. The van der Waals surface area contributed by atoms with Crippen molar-refractivity contribution in [1.82, 2.24) is 0 Å². The summed E-state index contributed by atoms with van der Waals surface area (Å²) in [7, 11) is 0. The molecule has 4 aromatic rings. The number of nitrogens with one attached hydrogen (secondary N) is 1. The van der Waals surface area contributed by atoms with Gasteiger partial charge in [-0.15, -0.1) is 0 Å². The Morgan fingerprint density at radius 2 is 1.71 bits per heavy atom. The number of anilines is 1. The molecule has 0 aliphatic rings. The first-order valence-electron chi connectivity index (χ1n) is 10.1. The second-order valence-electron chi connectivity index (χ2n) is 7.02. The number of benzene rings is 4. The minimum absolute atomic E-state index is 0.187. The fraction of sp³-hybridized carbons (Fsp3) is 0.115. The van der Waals surface area contributed by atoms with Crippen LogP contribution in [0.2, 0.25) is 0 Å². The Morgan fingerprint density at radius 1 is 0.871 bits per heavy atom. The molecule has 0 heterocycles. The summed E-state index contributed by atoms with van der Waals surface area (Å²) in [5, 5.41) is 5.20. The standard InChI is InChI=1S/C26H22BrNO3/c1-2-30-25-13-11-20(26(29)28-23-9-5-8-22(27)16-23)14-21(25)17-31-24-12-10-18-6-3-4-7-19(18)15-24/h3-16H,2,17H2,1H3,(H,28,29). The van der Waals surface area contributed by atoms with E-state index in [1.165, 1.54) is 0 Å². The predicted octanol–water partition coefficient (Wildman–Crippen LogP) is 6.83. The van der Waals surface area contributed by atoms with Gasteiger partial charge in [-0.05, 0) is 66.2 Å². The molecule has 1 N–H and O–H groups in total. The first-order valence-corrected chi connectivity index (χ1v) is 10.9. The van der Waals surface area contributed by atoms with Crippen LogP contribution >= 0.6 is 15.9 Å². The third-order valence-electron chi connectivity index (χ3n) is 4.82. The van der Waals surface area contributed by atoms with E-state index >= 15 is 0 Å². The molecule has 0 atom stereocenters. The van der Waals surface area contributed by atoms with Gasteiger partial charge in [0.25, 0.3) is 5.91 Å². The molecular formula is C26H22BrNO3. The summed E-state index contributed by atoms with van der Waals surface area (Å²) >= 11 is 3.42. The van der Waals surface area contributed by atoms with Gasteiger partial charge in [-0.3, -0.25) is 4.79 Å². The zero-order valence-electron chi connectivity index (χ0n) is 17.1. The summed E-state index contributed by atoms with van der Waals surface area (Å²) in [6.07, 6.45) is 0. The molecule has 0 saturated heterocycles. The number of fused-ring (bicyclic) bond motifs is 1. The quantitative estimate of drug-likeness (QED) is 0.318. The third-order valence-corrected chi connectivity index (χ3v) is 5.31. The zero-order chi connectivity index (χ0) is 21.6. The predicted molar refractivity (Wildman–Crippen MR) is 128 cm³/mol. The Kier molecular flexibility index (Phi) is 6.53. The molecule has 5 heteroatoms. The van der Waals surface area contributed by atoms with Crippen molar-refractivity contribution in [1.29, 1.82) is 0 Å². The molecule has 31 heavy (non-hydrogen) atoms. The number of amides is 1. The van der Waals surface area contributed by atoms with Crippen LogP contribution in [0.1, 0.15) is 22.8 Å². The molecule has 0 fully saturated rings. The second-order valence-corrected chi connectivity index (χ2v) is 7.93. The Morgan fingerprint density at radius 3 is 2.52 bits per heavy atom. The minimum Gasteiger partial charge on any atom is -0.493 e. The SMILES string of the molecule is CCOc1ccc(C(=O)Nc2cccc(Br)c2)cc1COc1ccc2ccccc2c1. The molecule has 0 bridgehead atoms. The lowest BCUT2D eigenvalue weighted by Gasteiger charge is -2.14. The average Bonchev–Trinajstić information content (AvgIpc) is 2.78. The molecule has 0 aromatic heterocycles. The van der Waals surface area contributed by atoms with Crippen molar-refractivity contribution in [2.24, 2.45) is 0 Å². The molecule has 4 nitrogen and oxygen atoms in total. The summed E-state index contributed by atoms with van der Waals surface area (Å²) in [4.78, 5) is 12.8.